The molecule has 1 unspecified atom stereocenters. The van der Waals surface area contributed by atoms with Gasteiger partial charge in [-0.25, -0.2) is 4.98 Å². The van der Waals surface area contributed by atoms with E-state index in [-0.39, 0.29) is 23.4 Å². The van der Waals surface area contributed by atoms with Crippen LogP contribution in [0, 0.1) is 11.3 Å². The molecule has 5 nitrogen and oxygen atoms in total. The minimum Gasteiger partial charge on any atom is -0.314 e. The van der Waals surface area contributed by atoms with E-state index in [1.165, 1.54) is 15.8 Å². The van der Waals surface area contributed by atoms with Crippen molar-refractivity contribution < 1.29 is 4.79 Å². The molecule has 6 heteroatoms. The first-order valence-electron chi connectivity index (χ1n) is 10.1. The number of para-hydroxylation sites is 1. The van der Waals surface area contributed by atoms with E-state index >= 15 is 0 Å². The molecule has 4 rings (SSSR count). The Hall–Kier alpha value is -2.47. The van der Waals surface area contributed by atoms with Gasteiger partial charge in [0.2, 0.25) is 5.91 Å². The molecule has 2 heterocycles. The molecule has 0 bridgehead atoms. The molecule has 0 N–H and O–H groups in total. The molecular formula is C23H27N3O2S. The summed E-state index contributed by atoms with van der Waals surface area (Å²) in [6.45, 7) is 6.85. The van der Waals surface area contributed by atoms with Gasteiger partial charge in [-0.2, -0.15) is 0 Å². The fraction of sp³-hybridized carbons (Fsp3) is 0.435. The standard InChI is InChI=1S/C23H27N3O2S/c1-23(2,3)15-10-11-17-18(12-15)29-21-20(17)22(28)26(14-24-21)13-19(27)25(4)16-8-6-5-7-9-16/h5-9,14-15H,10-13H2,1-4H3. The van der Waals surface area contributed by atoms with Crippen molar-refractivity contribution in [1.29, 1.82) is 0 Å². The maximum absolute atomic E-state index is 13.2. The number of aromatic nitrogens is 2. The van der Waals surface area contributed by atoms with Gasteiger partial charge in [-0.3, -0.25) is 14.2 Å². The van der Waals surface area contributed by atoms with Crippen LogP contribution in [-0.2, 0) is 24.2 Å². The van der Waals surface area contributed by atoms with Crippen LogP contribution in [0.15, 0.2) is 41.5 Å². The van der Waals surface area contributed by atoms with E-state index in [1.807, 2.05) is 30.3 Å². The fourth-order valence-electron chi connectivity index (χ4n) is 4.10. The number of carbonyl (C=O) groups is 1. The second kappa shape index (κ2) is 7.41. The molecule has 0 spiro atoms. The molecular weight excluding hydrogens is 382 g/mol. The van der Waals surface area contributed by atoms with E-state index in [2.05, 4.69) is 25.8 Å². The Labute approximate surface area is 175 Å². The number of likely N-dealkylation sites (N-methyl/N-ethyl adjacent to an activating group) is 1. The molecule has 1 atom stereocenters. The lowest BCUT2D eigenvalue weighted by Crippen LogP contribution is -2.34. The van der Waals surface area contributed by atoms with E-state index in [1.54, 1.807) is 23.3 Å². The first-order chi connectivity index (χ1) is 13.8. The number of carbonyl (C=O) groups excluding carboxylic acids is 1. The van der Waals surface area contributed by atoms with Crippen molar-refractivity contribution in [3.8, 4) is 0 Å². The fourth-order valence-corrected chi connectivity index (χ4v) is 5.36. The van der Waals surface area contributed by atoms with Gasteiger partial charge < -0.3 is 4.90 Å². The molecule has 2 aromatic heterocycles. The third kappa shape index (κ3) is 3.73. The topological polar surface area (TPSA) is 55.2 Å². The number of aryl methyl sites for hydroxylation is 1. The van der Waals surface area contributed by atoms with Gasteiger partial charge in [0.15, 0.2) is 0 Å². The van der Waals surface area contributed by atoms with Crippen molar-refractivity contribution >= 4 is 33.1 Å². The van der Waals surface area contributed by atoms with Crippen LogP contribution in [0.2, 0.25) is 0 Å². The lowest BCUT2D eigenvalue weighted by Gasteiger charge is -2.33. The van der Waals surface area contributed by atoms with Crippen molar-refractivity contribution in [2.45, 2.75) is 46.6 Å². The number of hydrogen-bond donors (Lipinski definition) is 0. The smallest absolute Gasteiger partial charge is 0.262 e. The van der Waals surface area contributed by atoms with E-state index in [0.29, 0.717) is 5.92 Å². The summed E-state index contributed by atoms with van der Waals surface area (Å²) >= 11 is 1.64. The molecule has 0 fully saturated rings. The molecule has 1 aromatic carbocycles. The number of hydrogen-bond acceptors (Lipinski definition) is 4. The Balaban J connectivity index is 1.64. The molecule has 0 aliphatic heterocycles. The van der Waals surface area contributed by atoms with Crippen molar-refractivity contribution in [1.82, 2.24) is 9.55 Å². The zero-order valence-electron chi connectivity index (χ0n) is 17.4. The third-order valence-corrected chi connectivity index (χ3v) is 7.25. The third-order valence-electron chi connectivity index (χ3n) is 6.08. The van der Waals surface area contributed by atoms with Crippen LogP contribution in [0.5, 0.6) is 0 Å². The first kappa shape index (κ1) is 19.8. The van der Waals surface area contributed by atoms with Gasteiger partial charge in [0.1, 0.15) is 11.4 Å². The number of thiophene rings is 1. The Morgan fingerprint density at radius 2 is 2.00 bits per heavy atom. The van der Waals surface area contributed by atoms with Crippen LogP contribution in [-0.4, -0.2) is 22.5 Å². The highest BCUT2D eigenvalue weighted by molar-refractivity contribution is 7.18. The van der Waals surface area contributed by atoms with Gasteiger partial charge in [0.05, 0.1) is 11.7 Å². The maximum atomic E-state index is 13.2. The summed E-state index contributed by atoms with van der Waals surface area (Å²) in [4.78, 5) is 34.1. The first-order valence-corrected chi connectivity index (χ1v) is 10.9. The summed E-state index contributed by atoms with van der Waals surface area (Å²) in [6, 6.07) is 9.45. The minimum atomic E-state index is -0.142. The van der Waals surface area contributed by atoms with Crippen molar-refractivity contribution in [3.63, 3.8) is 0 Å². The molecule has 0 saturated carbocycles. The summed E-state index contributed by atoms with van der Waals surface area (Å²) in [5.74, 6) is 0.475. The van der Waals surface area contributed by atoms with Crippen molar-refractivity contribution in [3.05, 3.63) is 57.5 Å². The lowest BCUT2D eigenvalue weighted by atomic mass is 9.72. The zero-order valence-corrected chi connectivity index (χ0v) is 18.3. The van der Waals surface area contributed by atoms with E-state index in [4.69, 9.17) is 0 Å². The van der Waals surface area contributed by atoms with Crippen LogP contribution in [0.4, 0.5) is 5.69 Å². The quantitative estimate of drug-likeness (QED) is 0.649. The summed E-state index contributed by atoms with van der Waals surface area (Å²) < 4.78 is 1.45. The van der Waals surface area contributed by atoms with Gasteiger partial charge in [-0.1, -0.05) is 39.0 Å². The Morgan fingerprint density at radius 1 is 1.28 bits per heavy atom. The molecule has 0 radical (unpaired) electrons. The number of amides is 1. The van der Waals surface area contributed by atoms with Gasteiger partial charge in [0, 0.05) is 17.6 Å². The highest BCUT2D eigenvalue weighted by Crippen LogP contribution is 2.41. The Morgan fingerprint density at radius 3 is 2.69 bits per heavy atom. The molecule has 152 valence electrons. The summed E-state index contributed by atoms with van der Waals surface area (Å²) in [5.41, 5.74) is 2.12. The monoisotopic (exact) mass is 409 g/mol. The number of fused-ring (bicyclic) bond motifs is 3. The van der Waals surface area contributed by atoms with Gasteiger partial charge in [0.25, 0.3) is 5.56 Å². The largest absolute Gasteiger partial charge is 0.314 e. The van der Waals surface area contributed by atoms with Gasteiger partial charge in [-0.05, 0) is 48.3 Å². The minimum absolute atomic E-state index is 0.0115. The predicted molar refractivity (Wildman–Crippen MR) is 119 cm³/mol. The molecule has 3 aromatic rings. The molecule has 1 aliphatic carbocycles. The highest BCUT2D eigenvalue weighted by atomic mass is 32.1. The van der Waals surface area contributed by atoms with Crippen LogP contribution >= 0.6 is 11.3 Å². The number of anilines is 1. The normalized spacial score (nSPS) is 16.6. The van der Waals surface area contributed by atoms with E-state index < -0.39 is 0 Å². The van der Waals surface area contributed by atoms with Crippen LogP contribution in [0.3, 0.4) is 0 Å². The highest BCUT2D eigenvalue weighted by Gasteiger charge is 2.31. The van der Waals surface area contributed by atoms with Gasteiger partial charge in [-0.15, -0.1) is 11.3 Å². The number of rotatable bonds is 3. The van der Waals surface area contributed by atoms with Crippen LogP contribution in [0.1, 0.15) is 37.6 Å². The SMILES string of the molecule is CN(C(=O)Cn1cnc2sc3c(c2c1=O)CCC(C(C)(C)C)C3)c1ccccc1. The molecule has 1 aliphatic rings. The Kier molecular flexibility index (Phi) is 5.07. The van der Waals surface area contributed by atoms with Crippen molar-refractivity contribution in [2.24, 2.45) is 11.3 Å². The number of benzene rings is 1. The summed E-state index contributed by atoms with van der Waals surface area (Å²) in [7, 11) is 1.73. The lowest BCUT2D eigenvalue weighted by molar-refractivity contribution is -0.118. The predicted octanol–water partition coefficient (Wildman–Crippen LogP) is 4.27. The van der Waals surface area contributed by atoms with Crippen LogP contribution < -0.4 is 10.5 Å². The summed E-state index contributed by atoms with van der Waals surface area (Å²) in [6.07, 6.45) is 4.53. The molecule has 1 amide bonds. The van der Waals surface area contributed by atoms with Gasteiger partial charge >= 0.3 is 0 Å². The second-order valence-corrected chi connectivity index (χ2v) is 10.0. The average molecular weight is 410 g/mol. The molecule has 29 heavy (non-hydrogen) atoms. The second-order valence-electron chi connectivity index (χ2n) is 8.96. The number of nitrogens with zero attached hydrogens (tertiary/aromatic N) is 3. The molecule has 0 saturated heterocycles. The summed E-state index contributed by atoms with van der Waals surface area (Å²) in [5, 5.41) is 0.718. The zero-order chi connectivity index (χ0) is 20.8. The van der Waals surface area contributed by atoms with E-state index in [9.17, 15) is 9.59 Å². The Bertz CT molecular complexity index is 1110. The van der Waals surface area contributed by atoms with Crippen LogP contribution in [0.25, 0.3) is 10.2 Å². The average Bonchev–Trinajstić information content (AvgIpc) is 3.08. The van der Waals surface area contributed by atoms with E-state index in [0.717, 1.165) is 40.7 Å². The van der Waals surface area contributed by atoms with Crippen molar-refractivity contribution in [2.75, 3.05) is 11.9 Å². The maximum Gasteiger partial charge on any atom is 0.262 e.